The van der Waals surface area contributed by atoms with E-state index in [0.29, 0.717) is 6.42 Å². The zero-order chi connectivity index (χ0) is 11.5. The van der Waals surface area contributed by atoms with Crippen molar-refractivity contribution < 1.29 is 9.90 Å². The lowest BCUT2D eigenvalue weighted by Crippen LogP contribution is -2.23. The van der Waals surface area contributed by atoms with E-state index >= 15 is 0 Å². The molecule has 1 aromatic heterocycles. The highest BCUT2D eigenvalue weighted by Crippen LogP contribution is 2.22. The van der Waals surface area contributed by atoms with Crippen molar-refractivity contribution in [1.82, 2.24) is 9.78 Å². The second-order valence-corrected chi connectivity index (χ2v) is 4.57. The van der Waals surface area contributed by atoms with Crippen molar-refractivity contribution >= 4 is 5.97 Å². The van der Waals surface area contributed by atoms with Crippen molar-refractivity contribution in [3.05, 3.63) is 18.0 Å². The van der Waals surface area contributed by atoms with Gasteiger partial charge in [0.1, 0.15) is 0 Å². The van der Waals surface area contributed by atoms with Gasteiger partial charge in [-0.15, -0.1) is 0 Å². The summed E-state index contributed by atoms with van der Waals surface area (Å²) in [5.41, 5.74) is 0.495. The van der Waals surface area contributed by atoms with Crippen LogP contribution >= 0.6 is 0 Å². The third kappa shape index (κ3) is 3.38. The van der Waals surface area contributed by atoms with Crippen LogP contribution < -0.4 is 0 Å². The summed E-state index contributed by atoms with van der Waals surface area (Å²) in [5, 5.41) is 13.1. The van der Waals surface area contributed by atoms with E-state index in [4.69, 9.17) is 5.11 Å². The Balaban J connectivity index is 2.36. The Labute approximate surface area is 89.9 Å². The third-order valence-electron chi connectivity index (χ3n) is 2.53. The van der Waals surface area contributed by atoms with Crippen LogP contribution in [-0.2, 0) is 11.3 Å². The predicted molar refractivity (Wildman–Crippen MR) is 57.6 cm³/mol. The zero-order valence-corrected chi connectivity index (χ0v) is 9.53. The molecule has 15 heavy (non-hydrogen) atoms. The third-order valence-corrected chi connectivity index (χ3v) is 2.53. The Morgan fingerprint density at radius 3 is 2.73 bits per heavy atom. The van der Waals surface area contributed by atoms with Crippen LogP contribution in [0.5, 0.6) is 0 Å². The summed E-state index contributed by atoms with van der Waals surface area (Å²) in [7, 11) is 0. The van der Waals surface area contributed by atoms with Crippen LogP contribution in [0.25, 0.3) is 0 Å². The monoisotopic (exact) mass is 210 g/mol. The van der Waals surface area contributed by atoms with Gasteiger partial charge in [0.25, 0.3) is 0 Å². The fourth-order valence-corrected chi connectivity index (χ4v) is 1.38. The average molecular weight is 210 g/mol. The largest absolute Gasteiger partial charge is 0.481 e. The van der Waals surface area contributed by atoms with E-state index in [1.165, 1.54) is 0 Å². The van der Waals surface area contributed by atoms with Gasteiger partial charge in [-0.2, -0.15) is 5.10 Å². The molecule has 1 N–H and O–H groups in total. The van der Waals surface area contributed by atoms with Crippen LogP contribution in [0.15, 0.2) is 12.4 Å². The maximum absolute atomic E-state index is 10.8. The molecule has 0 aliphatic rings. The molecule has 4 heteroatoms. The summed E-state index contributed by atoms with van der Waals surface area (Å²) in [4.78, 5) is 10.8. The van der Waals surface area contributed by atoms with Gasteiger partial charge in [-0.05, 0) is 39.2 Å². The summed E-state index contributed by atoms with van der Waals surface area (Å²) in [6.45, 7) is 6.28. The molecule has 0 spiro atoms. The molecule has 1 heterocycles. The van der Waals surface area contributed by atoms with Crippen molar-refractivity contribution in [3.8, 4) is 0 Å². The van der Waals surface area contributed by atoms with E-state index < -0.39 is 11.4 Å². The number of rotatable bonds is 5. The molecular weight excluding hydrogens is 192 g/mol. The molecule has 84 valence electrons. The van der Waals surface area contributed by atoms with Gasteiger partial charge < -0.3 is 5.11 Å². The van der Waals surface area contributed by atoms with E-state index in [1.54, 1.807) is 13.8 Å². The zero-order valence-electron chi connectivity index (χ0n) is 9.53. The lowest BCUT2D eigenvalue weighted by Gasteiger charge is -2.18. The topological polar surface area (TPSA) is 55.1 Å². The average Bonchev–Trinajstić information content (AvgIpc) is 2.51. The normalized spacial score (nSPS) is 11.7. The molecule has 0 atom stereocenters. The predicted octanol–water partition coefficient (Wildman–Crippen LogP) is 2.08. The molecule has 0 bridgehead atoms. The molecule has 4 nitrogen and oxygen atoms in total. The van der Waals surface area contributed by atoms with Crippen LogP contribution in [-0.4, -0.2) is 20.9 Å². The summed E-state index contributed by atoms with van der Waals surface area (Å²) < 4.78 is 1.85. The van der Waals surface area contributed by atoms with Gasteiger partial charge in [0.2, 0.25) is 0 Å². The SMILES string of the molecule is Cc1cnn(CCCC(C)(C)C(=O)O)c1. The fraction of sp³-hybridized carbons (Fsp3) is 0.636. The molecule has 0 aliphatic heterocycles. The second-order valence-electron chi connectivity index (χ2n) is 4.57. The maximum Gasteiger partial charge on any atom is 0.309 e. The first-order chi connectivity index (χ1) is 6.92. The van der Waals surface area contributed by atoms with Gasteiger partial charge in [-0.1, -0.05) is 0 Å². The minimum Gasteiger partial charge on any atom is -0.481 e. The Kier molecular flexibility index (Phi) is 3.50. The molecule has 0 aromatic carbocycles. The first-order valence-corrected chi connectivity index (χ1v) is 5.14. The molecule has 0 fully saturated rings. The molecule has 0 unspecified atom stereocenters. The molecule has 1 rings (SSSR count). The quantitative estimate of drug-likeness (QED) is 0.809. The molecule has 0 saturated heterocycles. The summed E-state index contributed by atoms with van der Waals surface area (Å²) >= 11 is 0. The number of hydrogen-bond acceptors (Lipinski definition) is 2. The van der Waals surface area contributed by atoms with Crippen LogP contribution in [0.2, 0.25) is 0 Å². The van der Waals surface area contributed by atoms with Gasteiger partial charge in [-0.3, -0.25) is 9.48 Å². The second kappa shape index (κ2) is 4.47. The number of carboxylic acids is 1. The molecule has 0 aliphatic carbocycles. The van der Waals surface area contributed by atoms with Crippen molar-refractivity contribution in [1.29, 1.82) is 0 Å². The van der Waals surface area contributed by atoms with E-state index in [9.17, 15) is 4.79 Å². The highest BCUT2D eigenvalue weighted by molar-refractivity contribution is 5.73. The van der Waals surface area contributed by atoms with Gasteiger partial charge in [0.15, 0.2) is 0 Å². The summed E-state index contributed by atoms with van der Waals surface area (Å²) in [6, 6.07) is 0. The van der Waals surface area contributed by atoms with Gasteiger partial charge in [-0.25, -0.2) is 0 Å². The molecule has 0 radical (unpaired) electrons. The smallest absolute Gasteiger partial charge is 0.309 e. The minimum atomic E-state index is -0.737. The Bertz CT molecular complexity index is 342. The van der Waals surface area contributed by atoms with Gasteiger partial charge >= 0.3 is 5.97 Å². The molecular formula is C11H18N2O2. The number of aryl methyl sites for hydroxylation is 2. The number of nitrogens with zero attached hydrogens (tertiary/aromatic N) is 2. The lowest BCUT2D eigenvalue weighted by atomic mass is 9.88. The number of aliphatic carboxylic acids is 1. The van der Waals surface area contributed by atoms with E-state index in [0.717, 1.165) is 18.5 Å². The summed E-state index contributed by atoms with van der Waals surface area (Å²) in [5.74, 6) is -0.737. The van der Waals surface area contributed by atoms with Crippen LogP contribution in [0.1, 0.15) is 32.3 Å². The lowest BCUT2D eigenvalue weighted by molar-refractivity contribution is -0.147. The number of carbonyl (C=O) groups is 1. The van der Waals surface area contributed by atoms with Crippen molar-refractivity contribution in [2.45, 2.75) is 40.2 Å². The number of carboxylic acid groups (broad SMARTS) is 1. The Morgan fingerprint density at radius 2 is 2.27 bits per heavy atom. The fourth-order valence-electron chi connectivity index (χ4n) is 1.38. The molecule has 1 aromatic rings. The van der Waals surface area contributed by atoms with Gasteiger partial charge in [0.05, 0.1) is 11.6 Å². The molecule has 0 amide bonds. The van der Waals surface area contributed by atoms with E-state index in [1.807, 2.05) is 24.0 Å². The van der Waals surface area contributed by atoms with Crippen LogP contribution in [0.4, 0.5) is 0 Å². The highest BCUT2D eigenvalue weighted by atomic mass is 16.4. The Morgan fingerprint density at radius 1 is 1.60 bits per heavy atom. The number of aromatic nitrogens is 2. The van der Waals surface area contributed by atoms with Gasteiger partial charge in [0, 0.05) is 12.7 Å². The van der Waals surface area contributed by atoms with Crippen molar-refractivity contribution in [2.24, 2.45) is 5.41 Å². The first-order valence-electron chi connectivity index (χ1n) is 5.14. The number of hydrogen-bond donors (Lipinski definition) is 1. The minimum absolute atomic E-state index is 0.637. The Hall–Kier alpha value is -1.32. The summed E-state index contributed by atoms with van der Waals surface area (Å²) in [6.07, 6.45) is 5.28. The standard InChI is InChI=1S/C11H18N2O2/c1-9-7-12-13(8-9)6-4-5-11(2,3)10(14)15/h7-8H,4-6H2,1-3H3,(H,14,15). The highest BCUT2D eigenvalue weighted by Gasteiger charge is 2.26. The maximum atomic E-state index is 10.8. The first kappa shape index (κ1) is 11.8. The van der Waals surface area contributed by atoms with Crippen LogP contribution in [0, 0.1) is 12.3 Å². The molecule has 0 saturated carbocycles. The van der Waals surface area contributed by atoms with E-state index in [-0.39, 0.29) is 0 Å². The van der Waals surface area contributed by atoms with Crippen LogP contribution in [0.3, 0.4) is 0 Å². The van der Waals surface area contributed by atoms with Crippen molar-refractivity contribution in [3.63, 3.8) is 0 Å². The van der Waals surface area contributed by atoms with E-state index in [2.05, 4.69) is 5.10 Å². The van der Waals surface area contributed by atoms with Crippen molar-refractivity contribution in [2.75, 3.05) is 0 Å².